The molecule has 1 aromatic rings. The normalized spacial score (nSPS) is 13.9. The van der Waals surface area contributed by atoms with E-state index in [4.69, 9.17) is 15.9 Å². The Morgan fingerprint density at radius 1 is 0.722 bits per heavy atom. The molecule has 0 saturated carbocycles. The number of nitrogens with one attached hydrogen (secondary N) is 3. The Morgan fingerprint density at radius 3 is 1.75 bits per heavy atom. The summed E-state index contributed by atoms with van der Waals surface area (Å²) in [7, 11) is 0. The average Bonchev–Trinajstić information content (AvgIpc) is 2.82. The van der Waals surface area contributed by atoms with Gasteiger partial charge < -0.3 is 42.1 Å². The summed E-state index contributed by atoms with van der Waals surface area (Å²) >= 11 is 0. The smallest absolute Gasteiger partial charge is 0.326 e. The molecule has 14 heteroatoms. The van der Waals surface area contributed by atoms with Crippen LogP contribution in [-0.2, 0) is 35.2 Å². The van der Waals surface area contributed by atoms with Crippen LogP contribution >= 0.6 is 0 Å². The molecule has 0 aliphatic carbocycles. The monoisotopic (exact) mass is 510 g/mol. The number of benzene rings is 1. The van der Waals surface area contributed by atoms with E-state index in [0.717, 1.165) is 0 Å². The van der Waals surface area contributed by atoms with Gasteiger partial charge in [0.25, 0.3) is 0 Å². The number of hydrogen-bond donors (Lipinski definition) is 8. The maximum Gasteiger partial charge on any atom is 0.326 e. The number of amides is 3. The molecule has 1 aromatic carbocycles. The van der Waals surface area contributed by atoms with E-state index in [2.05, 4.69) is 16.0 Å². The first-order valence-corrected chi connectivity index (χ1v) is 10.9. The summed E-state index contributed by atoms with van der Waals surface area (Å²) in [6, 6.07) is 2.68. The van der Waals surface area contributed by atoms with Gasteiger partial charge in [-0.05, 0) is 18.4 Å². The number of rotatable bonds is 16. The van der Waals surface area contributed by atoms with Gasteiger partial charge in [-0.2, -0.15) is 0 Å². The molecule has 9 N–H and O–H groups in total. The van der Waals surface area contributed by atoms with Crippen molar-refractivity contribution in [3.63, 3.8) is 0 Å². The third-order valence-electron chi connectivity index (χ3n) is 5.00. The van der Waals surface area contributed by atoms with Crippen LogP contribution in [0.2, 0.25) is 0 Å². The van der Waals surface area contributed by atoms with Crippen LogP contribution in [0.25, 0.3) is 0 Å². The van der Waals surface area contributed by atoms with E-state index >= 15 is 0 Å². The number of aliphatic carboxylic acids is 3. The molecule has 0 aliphatic rings. The standard InChI is InChI=1S/C22H30N4O10/c23-13(6-8-17(28)29)19(32)26-16(11-27)21(34)25-15(10-12-4-2-1-3-5-12)20(33)24-14(22(35)36)7-9-18(30)31/h1-5,13-16,27H,6-11,23H2,(H,24,33)(H,25,34)(H,26,32)(H,28,29)(H,30,31)(H,35,36). The van der Waals surface area contributed by atoms with E-state index in [9.17, 15) is 39.0 Å². The fourth-order valence-corrected chi connectivity index (χ4v) is 3.01. The second kappa shape index (κ2) is 15.1. The van der Waals surface area contributed by atoms with E-state index in [1.54, 1.807) is 30.3 Å². The second-order valence-electron chi connectivity index (χ2n) is 7.87. The lowest BCUT2D eigenvalue weighted by molar-refractivity contribution is -0.143. The summed E-state index contributed by atoms with van der Waals surface area (Å²) < 4.78 is 0. The maximum atomic E-state index is 12.9. The maximum absolute atomic E-state index is 12.9. The molecule has 0 fully saturated rings. The van der Waals surface area contributed by atoms with Gasteiger partial charge in [0.1, 0.15) is 18.1 Å². The molecule has 0 saturated heterocycles. The zero-order valence-corrected chi connectivity index (χ0v) is 19.3. The molecule has 14 nitrogen and oxygen atoms in total. The van der Waals surface area contributed by atoms with Crippen LogP contribution in [0.3, 0.4) is 0 Å². The summed E-state index contributed by atoms with van der Waals surface area (Å²) in [5.41, 5.74) is 6.20. The van der Waals surface area contributed by atoms with Crippen LogP contribution in [0.1, 0.15) is 31.2 Å². The lowest BCUT2D eigenvalue weighted by Crippen LogP contribution is -2.58. The second-order valence-corrected chi connectivity index (χ2v) is 7.87. The minimum Gasteiger partial charge on any atom is -0.481 e. The van der Waals surface area contributed by atoms with Crippen molar-refractivity contribution in [3.8, 4) is 0 Å². The van der Waals surface area contributed by atoms with Crippen molar-refractivity contribution in [2.75, 3.05) is 6.61 Å². The van der Waals surface area contributed by atoms with E-state index in [1.807, 2.05) is 0 Å². The summed E-state index contributed by atoms with van der Waals surface area (Å²) in [5, 5.41) is 43.1. The van der Waals surface area contributed by atoms with E-state index in [0.29, 0.717) is 5.56 Å². The molecule has 4 unspecified atom stereocenters. The third-order valence-corrected chi connectivity index (χ3v) is 5.00. The number of carboxylic acids is 3. The van der Waals surface area contributed by atoms with Gasteiger partial charge in [-0.15, -0.1) is 0 Å². The highest BCUT2D eigenvalue weighted by molar-refractivity contribution is 5.94. The third kappa shape index (κ3) is 10.9. The van der Waals surface area contributed by atoms with Crippen molar-refractivity contribution in [3.05, 3.63) is 35.9 Å². The van der Waals surface area contributed by atoms with Gasteiger partial charge in [-0.3, -0.25) is 24.0 Å². The van der Waals surface area contributed by atoms with Crippen LogP contribution in [0, 0.1) is 0 Å². The van der Waals surface area contributed by atoms with Crippen LogP contribution in [0.4, 0.5) is 0 Å². The summed E-state index contributed by atoms with van der Waals surface area (Å²) in [6.07, 6.45) is -1.61. The molecule has 1 rings (SSSR count). The van der Waals surface area contributed by atoms with E-state index in [1.165, 1.54) is 0 Å². The number of carboxylic acid groups (broad SMARTS) is 3. The predicted molar refractivity (Wildman–Crippen MR) is 122 cm³/mol. The number of carbonyl (C=O) groups is 6. The topological polar surface area (TPSA) is 245 Å². The highest BCUT2D eigenvalue weighted by Crippen LogP contribution is 2.06. The molecule has 0 radical (unpaired) electrons. The van der Waals surface area contributed by atoms with Gasteiger partial charge in [-0.1, -0.05) is 30.3 Å². The number of aliphatic hydroxyl groups excluding tert-OH is 1. The summed E-state index contributed by atoms with van der Waals surface area (Å²) in [5.74, 6) is -6.70. The minimum absolute atomic E-state index is 0.0894. The van der Waals surface area contributed by atoms with Gasteiger partial charge in [0.05, 0.1) is 12.6 Å². The average molecular weight is 511 g/mol. The summed E-state index contributed by atoms with van der Waals surface area (Å²) in [6.45, 7) is -0.876. The van der Waals surface area contributed by atoms with Crippen molar-refractivity contribution in [2.45, 2.75) is 56.3 Å². The number of nitrogens with two attached hydrogens (primary N) is 1. The molecule has 0 bridgehead atoms. The number of carbonyl (C=O) groups excluding carboxylic acids is 3. The van der Waals surface area contributed by atoms with Gasteiger partial charge in [0, 0.05) is 19.3 Å². The minimum atomic E-state index is -1.54. The molecule has 0 spiro atoms. The zero-order valence-electron chi connectivity index (χ0n) is 19.3. The fraction of sp³-hybridized carbons (Fsp3) is 0.455. The Labute approximate surface area is 205 Å². The quantitative estimate of drug-likeness (QED) is 0.119. The molecule has 4 atom stereocenters. The van der Waals surface area contributed by atoms with Crippen LogP contribution in [0.5, 0.6) is 0 Å². The van der Waals surface area contributed by atoms with Crippen LogP contribution < -0.4 is 21.7 Å². The molecular formula is C22H30N4O10. The van der Waals surface area contributed by atoms with Crippen molar-refractivity contribution in [1.82, 2.24) is 16.0 Å². The van der Waals surface area contributed by atoms with Crippen molar-refractivity contribution < 1.29 is 49.2 Å². The lowest BCUT2D eigenvalue weighted by Gasteiger charge is -2.24. The first kappa shape index (κ1) is 30.0. The Balaban J connectivity index is 2.98. The van der Waals surface area contributed by atoms with Crippen molar-refractivity contribution in [2.24, 2.45) is 5.73 Å². The molecule has 3 amide bonds. The Hall–Kier alpha value is -4.04. The zero-order chi connectivity index (χ0) is 27.3. The highest BCUT2D eigenvalue weighted by atomic mass is 16.4. The SMILES string of the molecule is NC(CCC(=O)O)C(=O)NC(CO)C(=O)NC(Cc1ccccc1)C(=O)NC(CCC(=O)O)C(=O)O. The van der Waals surface area contributed by atoms with E-state index < -0.39 is 85.7 Å². The molecule has 0 heterocycles. The molecule has 0 aromatic heterocycles. The van der Waals surface area contributed by atoms with E-state index in [-0.39, 0.29) is 12.8 Å². The number of aliphatic hydroxyl groups is 1. The van der Waals surface area contributed by atoms with Gasteiger partial charge in [-0.25, -0.2) is 4.79 Å². The summed E-state index contributed by atoms with van der Waals surface area (Å²) in [4.78, 5) is 70.7. The molecule has 36 heavy (non-hydrogen) atoms. The fourth-order valence-electron chi connectivity index (χ4n) is 3.01. The first-order chi connectivity index (χ1) is 16.9. The first-order valence-electron chi connectivity index (χ1n) is 10.9. The highest BCUT2D eigenvalue weighted by Gasteiger charge is 2.30. The van der Waals surface area contributed by atoms with Gasteiger partial charge in [0.2, 0.25) is 17.7 Å². The van der Waals surface area contributed by atoms with Crippen LogP contribution in [0.15, 0.2) is 30.3 Å². The Kier molecular flexibility index (Phi) is 12.5. The van der Waals surface area contributed by atoms with Crippen molar-refractivity contribution in [1.29, 1.82) is 0 Å². The van der Waals surface area contributed by atoms with Gasteiger partial charge in [0.15, 0.2) is 0 Å². The lowest BCUT2D eigenvalue weighted by atomic mass is 10.0. The Bertz CT molecular complexity index is 940. The Morgan fingerprint density at radius 2 is 1.22 bits per heavy atom. The number of hydrogen-bond acceptors (Lipinski definition) is 8. The van der Waals surface area contributed by atoms with Crippen molar-refractivity contribution >= 4 is 35.6 Å². The predicted octanol–water partition coefficient (Wildman–Crippen LogP) is -2.18. The molecular weight excluding hydrogens is 480 g/mol. The molecule has 0 aliphatic heterocycles. The van der Waals surface area contributed by atoms with Crippen LogP contribution in [-0.4, -0.2) is 86.8 Å². The van der Waals surface area contributed by atoms with Gasteiger partial charge >= 0.3 is 17.9 Å². The molecule has 198 valence electrons. The largest absolute Gasteiger partial charge is 0.481 e.